The molecule has 2 rings (SSSR count). The monoisotopic (exact) mass is 209 g/mol. The third-order valence-corrected chi connectivity index (χ3v) is 3.18. The van der Waals surface area contributed by atoms with E-state index >= 15 is 0 Å². The van der Waals surface area contributed by atoms with E-state index in [1.807, 2.05) is 12.1 Å². The molecule has 2 N–H and O–H groups in total. The first-order valence-corrected chi connectivity index (χ1v) is 5.39. The summed E-state index contributed by atoms with van der Waals surface area (Å²) in [6, 6.07) is 6.66. The van der Waals surface area contributed by atoms with Crippen LogP contribution in [-0.4, -0.2) is 18.3 Å². The van der Waals surface area contributed by atoms with Crippen LogP contribution in [0.1, 0.15) is 24.8 Å². The van der Waals surface area contributed by atoms with Gasteiger partial charge >= 0.3 is 0 Å². The van der Waals surface area contributed by atoms with Crippen LogP contribution in [0.25, 0.3) is 0 Å². The Labute approximate surface area is 89.1 Å². The van der Waals surface area contributed by atoms with E-state index in [0.29, 0.717) is 6.54 Å². The summed E-state index contributed by atoms with van der Waals surface area (Å²) in [5, 5.41) is 12.2. The van der Waals surface area contributed by atoms with E-state index in [-0.39, 0.29) is 18.0 Å². The van der Waals surface area contributed by atoms with Gasteiger partial charge in [0.05, 0.1) is 6.61 Å². The molecular weight excluding hydrogens is 193 g/mol. The molecule has 1 saturated carbocycles. The Morgan fingerprint density at radius 3 is 2.40 bits per heavy atom. The van der Waals surface area contributed by atoms with E-state index < -0.39 is 0 Å². The predicted molar refractivity (Wildman–Crippen MR) is 57.0 cm³/mol. The smallest absolute Gasteiger partial charge is 0.123 e. The van der Waals surface area contributed by atoms with Crippen LogP contribution in [-0.2, 0) is 5.54 Å². The van der Waals surface area contributed by atoms with E-state index in [4.69, 9.17) is 5.11 Å². The standard InChI is InChI=1S/C12H16FNO/c13-11-4-2-10(3-5-11)12(6-1-7-12)14-8-9-15/h2-5,14-15H,1,6-9H2. The first kappa shape index (κ1) is 10.6. The Kier molecular flexibility index (Phi) is 3.03. The minimum Gasteiger partial charge on any atom is -0.395 e. The van der Waals surface area contributed by atoms with Crippen LogP contribution in [0.2, 0.25) is 0 Å². The quantitative estimate of drug-likeness (QED) is 0.792. The molecule has 1 aromatic carbocycles. The van der Waals surface area contributed by atoms with Gasteiger partial charge in [0, 0.05) is 12.1 Å². The molecule has 0 aromatic heterocycles. The SMILES string of the molecule is OCCNC1(c2ccc(F)cc2)CCC1. The lowest BCUT2D eigenvalue weighted by Gasteiger charge is -2.43. The third-order valence-electron chi connectivity index (χ3n) is 3.18. The summed E-state index contributed by atoms with van der Waals surface area (Å²) in [5.74, 6) is -0.199. The second-order valence-electron chi connectivity index (χ2n) is 4.09. The first-order valence-electron chi connectivity index (χ1n) is 5.39. The van der Waals surface area contributed by atoms with Crippen molar-refractivity contribution in [2.24, 2.45) is 0 Å². The van der Waals surface area contributed by atoms with Crippen molar-refractivity contribution in [3.05, 3.63) is 35.6 Å². The molecule has 0 unspecified atom stereocenters. The van der Waals surface area contributed by atoms with Gasteiger partial charge in [-0.2, -0.15) is 0 Å². The fourth-order valence-electron chi connectivity index (χ4n) is 2.16. The highest BCUT2D eigenvalue weighted by atomic mass is 19.1. The van der Waals surface area contributed by atoms with Gasteiger partial charge in [0.25, 0.3) is 0 Å². The average molecular weight is 209 g/mol. The number of hydrogen-bond acceptors (Lipinski definition) is 2. The van der Waals surface area contributed by atoms with Crippen molar-refractivity contribution in [3.63, 3.8) is 0 Å². The summed E-state index contributed by atoms with van der Waals surface area (Å²) >= 11 is 0. The first-order chi connectivity index (χ1) is 7.27. The number of halogens is 1. The molecule has 1 aliphatic rings. The zero-order valence-corrected chi connectivity index (χ0v) is 8.67. The second kappa shape index (κ2) is 4.29. The second-order valence-corrected chi connectivity index (χ2v) is 4.09. The fourth-order valence-corrected chi connectivity index (χ4v) is 2.16. The molecule has 0 aliphatic heterocycles. The molecule has 0 spiro atoms. The van der Waals surface area contributed by atoms with E-state index in [1.165, 1.54) is 18.6 Å². The van der Waals surface area contributed by atoms with E-state index in [2.05, 4.69) is 5.32 Å². The zero-order chi connectivity index (χ0) is 10.7. The molecule has 3 heteroatoms. The number of aliphatic hydroxyl groups excluding tert-OH is 1. The Morgan fingerprint density at radius 2 is 1.93 bits per heavy atom. The Bertz CT molecular complexity index is 319. The molecule has 1 fully saturated rings. The van der Waals surface area contributed by atoms with Crippen molar-refractivity contribution in [2.75, 3.05) is 13.2 Å². The maximum absolute atomic E-state index is 12.8. The molecule has 0 saturated heterocycles. The number of benzene rings is 1. The van der Waals surface area contributed by atoms with Gasteiger partial charge in [0.2, 0.25) is 0 Å². The minimum absolute atomic E-state index is 0.0174. The van der Waals surface area contributed by atoms with Crippen LogP contribution in [0.5, 0.6) is 0 Å². The highest BCUT2D eigenvalue weighted by Gasteiger charge is 2.37. The number of hydrogen-bond donors (Lipinski definition) is 2. The lowest BCUT2D eigenvalue weighted by molar-refractivity contribution is 0.167. The fraction of sp³-hybridized carbons (Fsp3) is 0.500. The van der Waals surface area contributed by atoms with Crippen LogP contribution < -0.4 is 5.32 Å². The summed E-state index contributed by atoms with van der Waals surface area (Å²) in [6.07, 6.45) is 3.33. The molecule has 15 heavy (non-hydrogen) atoms. The number of rotatable bonds is 4. The molecule has 0 amide bonds. The largest absolute Gasteiger partial charge is 0.395 e. The highest BCUT2D eigenvalue weighted by Crippen LogP contribution is 2.40. The summed E-state index contributed by atoms with van der Waals surface area (Å²) < 4.78 is 12.8. The molecule has 0 bridgehead atoms. The lowest BCUT2D eigenvalue weighted by Crippen LogP contribution is -2.49. The van der Waals surface area contributed by atoms with Crippen LogP contribution in [0.4, 0.5) is 4.39 Å². The average Bonchev–Trinajstić information content (AvgIpc) is 2.19. The van der Waals surface area contributed by atoms with Crippen LogP contribution in [0, 0.1) is 5.82 Å². The number of aliphatic hydroxyl groups is 1. The van der Waals surface area contributed by atoms with Gasteiger partial charge in [-0.05, 0) is 37.0 Å². The Hall–Kier alpha value is -0.930. The van der Waals surface area contributed by atoms with Crippen molar-refractivity contribution in [1.29, 1.82) is 0 Å². The summed E-state index contributed by atoms with van der Waals surface area (Å²) in [6.45, 7) is 0.736. The van der Waals surface area contributed by atoms with Crippen LogP contribution in [0.15, 0.2) is 24.3 Å². The van der Waals surface area contributed by atoms with E-state index in [9.17, 15) is 4.39 Å². The summed E-state index contributed by atoms with van der Waals surface area (Å²) in [5.41, 5.74) is 1.11. The molecule has 2 nitrogen and oxygen atoms in total. The van der Waals surface area contributed by atoms with Gasteiger partial charge in [0.1, 0.15) is 5.82 Å². The zero-order valence-electron chi connectivity index (χ0n) is 8.67. The van der Waals surface area contributed by atoms with Crippen LogP contribution in [0.3, 0.4) is 0 Å². The maximum atomic E-state index is 12.8. The molecule has 0 atom stereocenters. The van der Waals surface area contributed by atoms with Gasteiger partial charge in [-0.1, -0.05) is 12.1 Å². The number of nitrogens with one attached hydrogen (secondary N) is 1. The van der Waals surface area contributed by atoms with Crippen molar-refractivity contribution in [2.45, 2.75) is 24.8 Å². The normalized spacial score (nSPS) is 18.5. The molecule has 1 aromatic rings. The summed E-state index contributed by atoms with van der Waals surface area (Å²) in [4.78, 5) is 0. The lowest BCUT2D eigenvalue weighted by atomic mass is 9.72. The van der Waals surface area contributed by atoms with Crippen molar-refractivity contribution < 1.29 is 9.50 Å². The van der Waals surface area contributed by atoms with Crippen molar-refractivity contribution in [3.8, 4) is 0 Å². The molecule has 0 radical (unpaired) electrons. The van der Waals surface area contributed by atoms with Crippen molar-refractivity contribution in [1.82, 2.24) is 5.32 Å². The van der Waals surface area contributed by atoms with Gasteiger partial charge < -0.3 is 10.4 Å². The van der Waals surface area contributed by atoms with Crippen molar-refractivity contribution >= 4 is 0 Å². The molecule has 1 aliphatic carbocycles. The van der Waals surface area contributed by atoms with Gasteiger partial charge in [-0.15, -0.1) is 0 Å². The van der Waals surface area contributed by atoms with E-state index in [1.54, 1.807) is 0 Å². The third kappa shape index (κ3) is 2.03. The summed E-state index contributed by atoms with van der Waals surface area (Å²) in [7, 11) is 0. The highest BCUT2D eigenvalue weighted by molar-refractivity contribution is 5.27. The Morgan fingerprint density at radius 1 is 1.27 bits per heavy atom. The predicted octanol–water partition coefficient (Wildman–Crippen LogP) is 1.79. The minimum atomic E-state index is -0.199. The van der Waals surface area contributed by atoms with Gasteiger partial charge in [0.15, 0.2) is 0 Å². The van der Waals surface area contributed by atoms with E-state index in [0.717, 1.165) is 18.4 Å². The maximum Gasteiger partial charge on any atom is 0.123 e. The molecular formula is C12H16FNO. The topological polar surface area (TPSA) is 32.3 Å². The van der Waals surface area contributed by atoms with Gasteiger partial charge in [-0.25, -0.2) is 4.39 Å². The van der Waals surface area contributed by atoms with Gasteiger partial charge in [-0.3, -0.25) is 0 Å². The Balaban J connectivity index is 2.14. The molecule has 0 heterocycles. The molecule has 82 valence electrons. The van der Waals surface area contributed by atoms with Crippen LogP contribution >= 0.6 is 0 Å².